The van der Waals surface area contributed by atoms with Gasteiger partial charge in [0.1, 0.15) is 0 Å². The van der Waals surface area contributed by atoms with Gasteiger partial charge in [-0.3, -0.25) is 9.35 Å². The van der Waals surface area contributed by atoms with Crippen molar-refractivity contribution in [1.82, 2.24) is 0 Å². The number of hydrogen-bond acceptors (Lipinski definition) is 3. The van der Waals surface area contributed by atoms with Crippen molar-refractivity contribution in [3.8, 4) is 0 Å². The molecule has 2 saturated carbocycles. The Morgan fingerprint density at radius 2 is 2.00 bits per heavy atom. The number of Topliss-reactive ketones (excluding diaryl/α,β-unsaturated/α-hetero) is 1. The van der Waals surface area contributed by atoms with Gasteiger partial charge in [0, 0.05) is 10.8 Å². The van der Waals surface area contributed by atoms with Crippen LogP contribution in [0.25, 0.3) is 0 Å². The Labute approximate surface area is 109 Å². The van der Waals surface area contributed by atoms with Gasteiger partial charge in [0.05, 0.1) is 10.6 Å². The second kappa shape index (κ2) is 4.01. The van der Waals surface area contributed by atoms with Crippen LogP contribution in [-0.2, 0) is 14.9 Å². The van der Waals surface area contributed by atoms with Gasteiger partial charge in [-0.2, -0.15) is 8.42 Å². The molecule has 5 nitrogen and oxygen atoms in total. The lowest BCUT2D eigenvalue weighted by molar-refractivity contribution is -0.127. The Morgan fingerprint density at radius 3 is 2.35 bits per heavy atom. The molecule has 0 aliphatic heterocycles. The summed E-state index contributed by atoms with van der Waals surface area (Å²) in [6, 6.07) is 0. The van der Waals surface area contributed by atoms with Crippen LogP contribution in [0.5, 0.6) is 0 Å². The zero-order chi connectivity index (χ0) is 12.4. The third-order valence-corrected chi connectivity index (χ3v) is 6.68. The molecule has 0 aromatic carbocycles. The molecule has 3 N–H and O–H groups in total. The maximum Gasteiger partial charge on any atom is 0.265 e. The monoisotopic (exact) mass is 328 g/mol. The van der Waals surface area contributed by atoms with Crippen LogP contribution in [-0.4, -0.2) is 34.8 Å². The molecule has 0 spiro atoms. The molecule has 0 heterocycles. The first kappa shape index (κ1) is 15.1. The van der Waals surface area contributed by atoms with E-state index < -0.39 is 20.9 Å². The van der Waals surface area contributed by atoms with Crippen LogP contribution in [0.4, 0.5) is 0 Å². The molecule has 2 rings (SSSR count). The zero-order valence-electron chi connectivity index (χ0n) is 9.73. The Kier molecular flexibility index (Phi) is 3.56. The van der Waals surface area contributed by atoms with Crippen molar-refractivity contribution in [3.05, 3.63) is 0 Å². The van der Waals surface area contributed by atoms with Gasteiger partial charge < -0.3 is 5.48 Å². The molecule has 17 heavy (non-hydrogen) atoms. The van der Waals surface area contributed by atoms with Gasteiger partial charge in [0.15, 0.2) is 5.78 Å². The SMILES string of the molecule is CC1(CS(=O)(=O)O)C2CC[C@]1(C)C(=O)[C@@H]2Br.O. The average Bonchev–Trinajstić information content (AvgIpc) is 2.40. The highest BCUT2D eigenvalue weighted by Crippen LogP contribution is 2.65. The number of carbonyl (C=O) groups is 1. The summed E-state index contributed by atoms with van der Waals surface area (Å²) < 4.78 is 31.2. The number of rotatable bonds is 2. The molecule has 2 aliphatic rings. The molecule has 100 valence electrons. The van der Waals surface area contributed by atoms with Crippen molar-refractivity contribution in [2.24, 2.45) is 16.7 Å². The van der Waals surface area contributed by atoms with E-state index in [0.717, 1.165) is 6.42 Å². The van der Waals surface area contributed by atoms with Crippen LogP contribution in [0.1, 0.15) is 26.7 Å². The van der Waals surface area contributed by atoms with Gasteiger partial charge in [0.25, 0.3) is 10.1 Å². The molecule has 0 radical (unpaired) electrons. The topological polar surface area (TPSA) is 103 Å². The minimum atomic E-state index is -4.05. The minimum absolute atomic E-state index is 0. The van der Waals surface area contributed by atoms with E-state index in [-0.39, 0.29) is 27.8 Å². The standard InChI is InChI=1S/C10H15BrO4S.H2O/c1-9-4-3-6(7(11)8(9)12)10(9,2)5-16(13,14)15;/h6-7H,3-5H2,1-2H3,(H,13,14,15);1H2/t6?,7-,9-,10?;/m1./s1. The molecule has 0 aromatic rings. The van der Waals surface area contributed by atoms with Crippen LogP contribution >= 0.6 is 15.9 Å². The summed E-state index contributed by atoms with van der Waals surface area (Å²) in [7, 11) is -4.05. The lowest BCUT2D eigenvalue weighted by atomic mass is 9.70. The Hall–Kier alpha value is 0.0200. The molecule has 7 heteroatoms. The smallest absolute Gasteiger partial charge is 0.265 e. The van der Waals surface area contributed by atoms with Crippen molar-refractivity contribution in [2.45, 2.75) is 31.5 Å². The zero-order valence-corrected chi connectivity index (χ0v) is 12.1. The van der Waals surface area contributed by atoms with E-state index in [1.165, 1.54) is 0 Å². The van der Waals surface area contributed by atoms with Gasteiger partial charge in [-0.05, 0) is 18.8 Å². The van der Waals surface area contributed by atoms with E-state index in [4.69, 9.17) is 4.55 Å². The molecule has 2 aliphatic carbocycles. The summed E-state index contributed by atoms with van der Waals surface area (Å²) in [5.74, 6) is -0.239. The second-order valence-electron chi connectivity index (χ2n) is 5.39. The molecule has 0 saturated heterocycles. The molecular formula is C10H17BrO5S. The Bertz CT molecular complexity index is 448. The van der Waals surface area contributed by atoms with Crippen molar-refractivity contribution >= 4 is 31.8 Å². The fourth-order valence-electron chi connectivity index (χ4n) is 3.46. The number of alkyl halides is 1. The van der Waals surface area contributed by atoms with Crippen molar-refractivity contribution < 1.29 is 23.2 Å². The van der Waals surface area contributed by atoms with Gasteiger partial charge in [-0.1, -0.05) is 29.8 Å². The minimum Gasteiger partial charge on any atom is -0.412 e. The first-order valence-electron chi connectivity index (χ1n) is 5.25. The maximum absolute atomic E-state index is 12.1. The quantitative estimate of drug-likeness (QED) is 0.598. The van der Waals surface area contributed by atoms with Crippen molar-refractivity contribution in [3.63, 3.8) is 0 Å². The largest absolute Gasteiger partial charge is 0.412 e. The average molecular weight is 329 g/mol. The molecule has 2 bridgehead atoms. The predicted molar refractivity (Wildman–Crippen MR) is 66.7 cm³/mol. The first-order chi connectivity index (χ1) is 7.12. The first-order valence-corrected chi connectivity index (χ1v) is 7.78. The van der Waals surface area contributed by atoms with E-state index in [1.807, 2.05) is 6.92 Å². The van der Waals surface area contributed by atoms with E-state index in [9.17, 15) is 13.2 Å². The summed E-state index contributed by atoms with van der Waals surface area (Å²) in [6.07, 6.45) is 1.55. The number of fused-ring (bicyclic) bond motifs is 2. The molecule has 2 fully saturated rings. The van der Waals surface area contributed by atoms with E-state index in [0.29, 0.717) is 6.42 Å². The number of hydrogen-bond donors (Lipinski definition) is 1. The summed E-state index contributed by atoms with van der Waals surface area (Å²) in [6.45, 7) is 3.62. The second-order valence-corrected chi connectivity index (χ2v) is 7.83. The lowest BCUT2D eigenvalue weighted by Crippen LogP contribution is -2.40. The Morgan fingerprint density at radius 1 is 1.47 bits per heavy atom. The van der Waals surface area contributed by atoms with E-state index >= 15 is 0 Å². The number of halogens is 1. The van der Waals surface area contributed by atoms with Crippen LogP contribution < -0.4 is 0 Å². The van der Waals surface area contributed by atoms with Crippen LogP contribution in [0.2, 0.25) is 0 Å². The Balaban J connectivity index is 0.00000144. The molecule has 4 atom stereocenters. The van der Waals surface area contributed by atoms with Gasteiger partial charge in [-0.15, -0.1) is 0 Å². The molecule has 0 amide bonds. The van der Waals surface area contributed by atoms with E-state index in [1.54, 1.807) is 6.92 Å². The summed E-state index contributed by atoms with van der Waals surface area (Å²) in [5, 5.41) is 0. The summed E-state index contributed by atoms with van der Waals surface area (Å²) in [4.78, 5) is 11.8. The summed E-state index contributed by atoms with van der Waals surface area (Å²) in [5.41, 5.74) is -1.27. The van der Waals surface area contributed by atoms with Crippen molar-refractivity contribution in [2.75, 3.05) is 5.75 Å². The third-order valence-electron chi connectivity index (χ3n) is 4.66. The van der Waals surface area contributed by atoms with E-state index in [2.05, 4.69) is 15.9 Å². The summed E-state index contributed by atoms with van der Waals surface area (Å²) >= 11 is 3.35. The molecule has 2 unspecified atom stereocenters. The van der Waals surface area contributed by atoms with Gasteiger partial charge in [0.2, 0.25) is 0 Å². The highest BCUT2D eigenvalue weighted by molar-refractivity contribution is 9.10. The fraction of sp³-hybridized carbons (Fsp3) is 0.900. The van der Waals surface area contributed by atoms with Crippen LogP contribution in [0.3, 0.4) is 0 Å². The van der Waals surface area contributed by atoms with Crippen LogP contribution in [0.15, 0.2) is 0 Å². The maximum atomic E-state index is 12.1. The number of carbonyl (C=O) groups excluding carboxylic acids is 1. The predicted octanol–water partition coefficient (Wildman–Crippen LogP) is 0.818. The van der Waals surface area contributed by atoms with Gasteiger partial charge >= 0.3 is 0 Å². The number of ketones is 1. The van der Waals surface area contributed by atoms with Gasteiger partial charge in [-0.25, -0.2) is 0 Å². The molecule has 0 aromatic heterocycles. The third kappa shape index (κ3) is 1.87. The van der Waals surface area contributed by atoms with Crippen molar-refractivity contribution in [1.29, 1.82) is 0 Å². The lowest BCUT2D eigenvalue weighted by Gasteiger charge is -2.35. The fourth-order valence-corrected chi connectivity index (χ4v) is 6.11. The highest BCUT2D eigenvalue weighted by Gasteiger charge is 2.68. The normalized spacial score (nSPS) is 44.8. The molecular weight excluding hydrogens is 312 g/mol. The highest BCUT2D eigenvalue weighted by atomic mass is 79.9. The van der Waals surface area contributed by atoms with Crippen LogP contribution in [0, 0.1) is 16.7 Å².